The van der Waals surface area contributed by atoms with Gasteiger partial charge >= 0.3 is 0 Å². The highest BCUT2D eigenvalue weighted by Gasteiger charge is 2.18. The number of carbonyl (C=O) groups excluding carboxylic acids is 1. The number of aromatic nitrogens is 2. The van der Waals surface area contributed by atoms with Crippen LogP contribution in [0.2, 0.25) is 0 Å². The Balaban J connectivity index is 1.65. The normalized spacial score (nSPS) is 10.4. The molecule has 0 unspecified atom stereocenters. The van der Waals surface area contributed by atoms with Gasteiger partial charge < -0.3 is 15.0 Å². The molecular formula is C23H26N4O2. The van der Waals surface area contributed by atoms with Gasteiger partial charge in [0.15, 0.2) is 0 Å². The van der Waals surface area contributed by atoms with Crippen molar-refractivity contribution < 1.29 is 9.53 Å². The fourth-order valence-electron chi connectivity index (χ4n) is 3.08. The SMILES string of the molecule is CCN(C(=O)c1cc(NCCc2ccc(OC)cc2)ncn1)c1cccc(C)c1. The van der Waals surface area contributed by atoms with Gasteiger partial charge in [0.05, 0.1) is 7.11 Å². The van der Waals surface area contributed by atoms with E-state index in [0.717, 1.165) is 23.4 Å². The summed E-state index contributed by atoms with van der Waals surface area (Å²) in [5, 5.41) is 3.27. The molecule has 1 heterocycles. The molecule has 0 bridgehead atoms. The summed E-state index contributed by atoms with van der Waals surface area (Å²) in [7, 11) is 1.66. The van der Waals surface area contributed by atoms with Gasteiger partial charge in [-0.2, -0.15) is 0 Å². The number of nitrogens with zero attached hydrogens (tertiary/aromatic N) is 3. The zero-order valence-corrected chi connectivity index (χ0v) is 17.1. The molecule has 0 radical (unpaired) electrons. The van der Waals surface area contributed by atoms with Crippen LogP contribution in [-0.4, -0.2) is 36.1 Å². The van der Waals surface area contributed by atoms with Crippen molar-refractivity contribution in [3.63, 3.8) is 0 Å². The Labute approximate surface area is 171 Å². The summed E-state index contributed by atoms with van der Waals surface area (Å²) in [4.78, 5) is 23.1. The highest BCUT2D eigenvalue weighted by atomic mass is 16.5. The topological polar surface area (TPSA) is 67.4 Å². The number of hydrogen-bond donors (Lipinski definition) is 1. The van der Waals surface area contributed by atoms with Gasteiger partial charge in [-0.05, 0) is 55.7 Å². The van der Waals surface area contributed by atoms with Crippen molar-refractivity contribution in [3.05, 3.63) is 77.7 Å². The molecule has 0 spiro atoms. The molecule has 0 fully saturated rings. The van der Waals surface area contributed by atoms with Gasteiger partial charge in [-0.15, -0.1) is 0 Å². The number of benzene rings is 2. The van der Waals surface area contributed by atoms with Crippen LogP contribution in [0.3, 0.4) is 0 Å². The van der Waals surface area contributed by atoms with E-state index >= 15 is 0 Å². The number of anilines is 2. The quantitative estimate of drug-likeness (QED) is 0.627. The van der Waals surface area contributed by atoms with Crippen molar-refractivity contribution in [2.24, 2.45) is 0 Å². The van der Waals surface area contributed by atoms with Crippen LogP contribution in [0.5, 0.6) is 5.75 Å². The summed E-state index contributed by atoms with van der Waals surface area (Å²) in [6.45, 7) is 5.23. The average molecular weight is 390 g/mol. The van der Waals surface area contributed by atoms with E-state index in [1.54, 1.807) is 18.1 Å². The third kappa shape index (κ3) is 5.31. The summed E-state index contributed by atoms with van der Waals surface area (Å²) < 4.78 is 5.18. The smallest absolute Gasteiger partial charge is 0.277 e. The summed E-state index contributed by atoms with van der Waals surface area (Å²) in [6, 6.07) is 17.6. The lowest BCUT2D eigenvalue weighted by atomic mass is 10.1. The Bertz CT molecular complexity index is 957. The van der Waals surface area contributed by atoms with Gasteiger partial charge in [0.1, 0.15) is 23.6 Å². The van der Waals surface area contributed by atoms with Crippen molar-refractivity contribution in [3.8, 4) is 5.75 Å². The summed E-state index contributed by atoms with van der Waals surface area (Å²) >= 11 is 0. The second-order valence-corrected chi connectivity index (χ2v) is 6.70. The van der Waals surface area contributed by atoms with Crippen LogP contribution in [0.15, 0.2) is 60.9 Å². The minimum atomic E-state index is -0.140. The van der Waals surface area contributed by atoms with Gasteiger partial charge in [0.25, 0.3) is 5.91 Å². The van der Waals surface area contributed by atoms with Gasteiger partial charge in [-0.1, -0.05) is 24.3 Å². The first kappa shape index (κ1) is 20.3. The van der Waals surface area contributed by atoms with E-state index in [1.165, 1.54) is 11.9 Å². The van der Waals surface area contributed by atoms with E-state index in [1.807, 2.05) is 62.4 Å². The van der Waals surface area contributed by atoms with Crippen LogP contribution >= 0.6 is 0 Å². The zero-order chi connectivity index (χ0) is 20.6. The number of aryl methyl sites for hydroxylation is 1. The summed E-state index contributed by atoms with van der Waals surface area (Å²) in [5.74, 6) is 1.34. The molecule has 0 saturated carbocycles. The lowest BCUT2D eigenvalue weighted by Crippen LogP contribution is -2.31. The summed E-state index contributed by atoms with van der Waals surface area (Å²) in [6.07, 6.45) is 2.26. The molecular weight excluding hydrogens is 364 g/mol. The molecule has 2 aromatic carbocycles. The molecule has 0 aliphatic rings. The monoisotopic (exact) mass is 390 g/mol. The fourth-order valence-corrected chi connectivity index (χ4v) is 3.08. The Morgan fingerprint density at radius 2 is 1.90 bits per heavy atom. The van der Waals surface area contributed by atoms with E-state index in [2.05, 4.69) is 15.3 Å². The predicted octanol–water partition coefficient (Wildman–Crippen LogP) is 4.11. The largest absolute Gasteiger partial charge is 0.497 e. The number of ether oxygens (including phenoxy) is 1. The maximum absolute atomic E-state index is 13.0. The predicted molar refractivity (Wildman–Crippen MR) is 116 cm³/mol. The van der Waals surface area contributed by atoms with Gasteiger partial charge in [-0.25, -0.2) is 9.97 Å². The van der Waals surface area contributed by atoms with Gasteiger partial charge in [0.2, 0.25) is 0 Å². The molecule has 0 aliphatic carbocycles. The minimum absolute atomic E-state index is 0.140. The lowest BCUT2D eigenvalue weighted by Gasteiger charge is -2.21. The van der Waals surface area contributed by atoms with Crippen molar-refractivity contribution in [1.82, 2.24) is 9.97 Å². The Hall–Kier alpha value is -3.41. The first-order chi connectivity index (χ1) is 14.1. The lowest BCUT2D eigenvalue weighted by molar-refractivity contribution is 0.0983. The maximum atomic E-state index is 13.0. The fraction of sp³-hybridized carbons (Fsp3) is 0.261. The molecule has 3 aromatic rings. The van der Waals surface area contributed by atoms with E-state index in [0.29, 0.717) is 24.6 Å². The molecule has 150 valence electrons. The van der Waals surface area contributed by atoms with Crippen LogP contribution < -0.4 is 15.0 Å². The van der Waals surface area contributed by atoms with Crippen LogP contribution in [-0.2, 0) is 6.42 Å². The highest BCUT2D eigenvalue weighted by molar-refractivity contribution is 6.05. The third-order valence-electron chi connectivity index (χ3n) is 4.64. The van der Waals surface area contributed by atoms with Gasteiger partial charge in [-0.3, -0.25) is 4.79 Å². The number of amides is 1. The van der Waals surface area contributed by atoms with Crippen molar-refractivity contribution in [2.45, 2.75) is 20.3 Å². The molecule has 0 atom stereocenters. The molecule has 6 heteroatoms. The first-order valence-electron chi connectivity index (χ1n) is 9.68. The van der Waals surface area contributed by atoms with E-state index < -0.39 is 0 Å². The molecule has 29 heavy (non-hydrogen) atoms. The average Bonchev–Trinajstić information content (AvgIpc) is 2.75. The number of nitrogens with one attached hydrogen (secondary N) is 1. The van der Waals surface area contributed by atoms with E-state index in [9.17, 15) is 4.79 Å². The number of carbonyl (C=O) groups is 1. The minimum Gasteiger partial charge on any atom is -0.497 e. The molecule has 1 aromatic heterocycles. The highest BCUT2D eigenvalue weighted by Crippen LogP contribution is 2.19. The maximum Gasteiger partial charge on any atom is 0.277 e. The molecule has 3 rings (SSSR count). The Morgan fingerprint density at radius 3 is 2.59 bits per heavy atom. The van der Waals surface area contributed by atoms with Crippen molar-refractivity contribution in [2.75, 3.05) is 30.4 Å². The first-order valence-corrected chi connectivity index (χ1v) is 9.68. The van der Waals surface area contributed by atoms with E-state index in [-0.39, 0.29) is 5.91 Å². The Morgan fingerprint density at radius 1 is 1.10 bits per heavy atom. The van der Waals surface area contributed by atoms with Crippen LogP contribution in [0.1, 0.15) is 28.5 Å². The van der Waals surface area contributed by atoms with Crippen LogP contribution in [0, 0.1) is 6.92 Å². The second-order valence-electron chi connectivity index (χ2n) is 6.70. The van der Waals surface area contributed by atoms with E-state index in [4.69, 9.17) is 4.74 Å². The van der Waals surface area contributed by atoms with Crippen LogP contribution in [0.4, 0.5) is 11.5 Å². The van der Waals surface area contributed by atoms with Crippen LogP contribution in [0.25, 0.3) is 0 Å². The van der Waals surface area contributed by atoms with Gasteiger partial charge in [0, 0.05) is 24.8 Å². The second kappa shape index (κ2) is 9.68. The van der Waals surface area contributed by atoms with Crippen molar-refractivity contribution >= 4 is 17.4 Å². The van der Waals surface area contributed by atoms with Crippen molar-refractivity contribution in [1.29, 1.82) is 0 Å². The standard InChI is InChI=1S/C23H26N4O2/c1-4-27(19-7-5-6-17(2)14-19)23(28)21-15-22(26-16-25-21)24-13-12-18-8-10-20(29-3)11-9-18/h5-11,14-16H,4,12-13H2,1-3H3,(H,24,25,26). The number of methoxy groups -OCH3 is 1. The molecule has 0 aliphatic heterocycles. The molecule has 1 amide bonds. The zero-order valence-electron chi connectivity index (χ0n) is 17.1. The molecule has 6 nitrogen and oxygen atoms in total. The third-order valence-corrected chi connectivity index (χ3v) is 4.64. The molecule has 0 saturated heterocycles. The molecule has 1 N–H and O–H groups in total. The summed E-state index contributed by atoms with van der Waals surface area (Å²) in [5.41, 5.74) is 3.54. The number of hydrogen-bond acceptors (Lipinski definition) is 5. The Kier molecular flexibility index (Phi) is 6.79. The number of rotatable bonds is 8.